The number of amides is 1. The van der Waals surface area contributed by atoms with Gasteiger partial charge in [0.15, 0.2) is 0 Å². The zero-order valence-corrected chi connectivity index (χ0v) is 13.3. The Labute approximate surface area is 138 Å². The molecule has 6 nitrogen and oxygen atoms in total. The highest BCUT2D eigenvalue weighted by molar-refractivity contribution is 6.06. The smallest absolute Gasteiger partial charge is 0.252 e. The van der Waals surface area contributed by atoms with Gasteiger partial charge in [-0.15, -0.1) is 0 Å². The van der Waals surface area contributed by atoms with Crippen LogP contribution in [0.5, 0.6) is 0 Å². The molecule has 0 spiro atoms. The van der Waals surface area contributed by atoms with Crippen molar-refractivity contribution in [1.82, 2.24) is 20.5 Å². The molecule has 3 aromatic rings. The summed E-state index contributed by atoms with van der Waals surface area (Å²) in [7, 11) is 0. The third kappa shape index (κ3) is 2.60. The summed E-state index contributed by atoms with van der Waals surface area (Å²) in [6.45, 7) is 1.97. The lowest BCUT2D eigenvalue weighted by atomic mass is 9.93. The van der Waals surface area contributed by atoms with Gasteiger partial charge in [0.25, 0.3) is 5.91 Å². The zero-order chi connectivity index (χ0) is 16.7. The fourth-order valence-electron chi connectivity index (χ4n) is 3.35. The Bertz CT molecular complexity index is 986. The second-order valence-corrected chi connectivity index (χ2v) is 6.38. The highest BCUT2D eigenvalue weighted by atomic mass is 16.2. The molecule has 0 radical (unpaired) electrons. The highest BCUT2D eigenvalue weighted by Gasteiger charge is 2.23. The number of hydrogen-bond donors (Lipinski definition) is 3. The SMILES string of the molecule is Cc1ccc2[nH]c(=O)cc(C(=O)NC3CCc4cn[nH]c4C3)c2c1. The van der Waals surface area contributed by atoms with Crippen molar-refractivity contribution < 1.29 is 4.79 Å². The minimum absolute atomic E-state index is 0.0459. The van der Waals surface area contributed by atoms with E-state index in [0.29, 0.717) is 11.1 Å². The van der Waals surface area contributed by atoms with E-state index in [4.69, 9.17) is 0 Å². The van der Waals surface area contributed by atoms with Gasteiger partial charge in [0.05, 0.1) is 11.8 Å². The summed E-state index contributed by atoms with van der Waals surface area (Å²) in [5.41, 5.74) is 4.18. The molecule has 1 unspecified atom stereocenters. The fourth-order valence-corrected chi connectivity index (χ4v) is 3.35. The Hall–Kier alpha value is -2.89. The first-order valence-corrected chi connectivity index (χ1v) is 8.06. The summed E-state index contributed by atoms with van der Waals surface area (Å²) in [5.74, 6) is -0.204. The molecule has 0 aliphatic heterocycles. The van der Waals surface area contributed by atoms with E-state index >= 15 is 0 Å². The minimum atomic E-state index is -0.268. The maximum atomic E-state index is 12.8. The van der Waals surface area contributed by atoms with Crippen molar-refractivity contribution in [2.75, 3.05) is 0 Å². The van der Waals surface area contributed by atoms with Crippen molar-refractivity contribution in [3.63, 3.8) is 0 Å². The van der Waals surface area contributed by atoms with Crippen LogP contribution in [-0.4, -0.2) is 27.1 Å². The summed E-state index contributed by atoms with van der Waals surface area (Å²) in [5, 5.41) is 10.9. The molecule has 1 aromatic carbocycles. The largest absolute Gasteiger partial charge is 0.349 e. The molecule has 1 aliphatic carbocycles. The normalized spacial score (nSPS) is 16.8. The lowest BCUT2D eigenvalue weighted by molar-refractivity contribution is 0.0935. The number of aryl methyl sites for hydroxylation is 2. The summed E-state index contributed by atoms with van der Waals surface area (Å²) < 4.78 is 0. The Kier molecular flexibility index (Phi) is 3.45. The van der Waals surface area contributed by atoms with E-state index in [0.717, 1.165) is 35.9 Å². The van der Waals surface area contributed by atoms with Crippen LogP contribution in [0.25, 0.3) is 10.9 Å². The van der Waals surface area contributed by atoms with Crippen LogP contribution < -0.4 is 10.9 Å². The van der Waals surface area contributed by atoms with Crippen LogP contribution in [0.3, 0.4) is 0 Å². The predicted octanol–water partition coefficient (Wildman–Crippen LogP) is 1.85. The van der Waals surface area contributed by atoms with Crippen LogP contribution in [0, 0.1) is 6.92 Å². The molecule has 0 fully saturated rings. The summed E-state index contributed by atoms with van der Waals surface area (Å²) in [4.78, 5) is 27.4. The average Bonchev–Trinajstić information content (AvgIpc) is 3.02. The first-order valence-electron chi connectivity index (χ1n) is 8.06. The second kappa shape index (κ2) is 5.63. The molecule has 1 aliphatic rings. The second-order valence-electron chi connectivity index (χ2n) is 6.38. The minimum Gasteiger partial charge on any atom is -0.349 e. The predicted molar refractivity (Wildman–Crippen MR) is 91.2 cm³/mol. The zero-order valence-electron chi connectivity index (χ0n) is 13.3. The molecule has 6 heteroatoms. The molecule has 2 aromatic heterocycles. The highest BCUT2D eigenvalue weighted by Crippen LogP contribution is 2.21. The first kappa shape index (κ1) is 14.7. The van der Waals surface area contributed by atoms with Gasteiger partial charge in [-0.3, -0.25) is 14.7 Å². The Morgan fingerprint density at radius 3 is 3.08 bits per heavy atom. The maximum Gasteiger partial charge on any atom is 0.252 e. The van der Waals surface area contributed by atoms with Crippen LogP contribution >= 0.6 is 0 Å². The molecule has 0 saturated carbocycles. The van der Waals surface area contributed by atoms with Crippen molar-refractivity contribution in [2.45, 2.75) is 32.2 Å². The van der Waals surface area contributed by atoms with E-state index < -0.39 is 0 Å². The van der Waals surface area contributed by atoms with Crippen LogP contribution in [-0.2, 0) is 12.8 Å². The Morgan fingerprint density at radius 2 is 2.21 bits per heavy atom. The topological polar surface area (TPSA) is 90.6 Å². The molecular formula is C18H18N4O2. The number of carbonyl (C=O) groups is 1. The van der Waals surface area contributed by atoms with Gasteiger partial charge in [0.1, 0.15) is 0 Å². The van der Waals surface area contributed by atoms with Gasteiger partial charge in [-0.05, 0) is 37.5 Å². The molecule has 3 N–H and O–H groups in total. The monoisotopic (exact) mass is 322 g/mol. The van der Waals surface area contributed by atoms with E-state index in [1.165, 1.54) is 11.6 Å². The maximum absolute atomic E-state index is 12.8. The molecule has 122 valence electrons. The van der Waals surface area contributed by atoms with Crippen LogP contribution in [0.4, 0.5) is 0 Å². The molecule has 4 rings (SSSR count). The number of nitrogens with zero attached hydrogens (tertiary/aromatic N) is 1. The molecule has 2 heterocycles. The van der Waals surface area contributed by atoms with Crippen molar-refractivity contribution in [1.29, 1.82) is 0 Å². The van der Waals surface area contributed by atoms with Crippen molar-refractivity contribution in [3.05, 3.63) is 63.2 Å². The van der Waals surface area contributed by atoms with E-state index in [1.54, 1.807) is 0 Å². The van der Waals surface area contributed by atoms with Gasteiger partial charge in [0.2, 0.25) is 5.56 Å². The number of rotatable bonds is 2. The van der Waals surface area contributed by atoms with Gasteiger partial charge in [-0.25, -0.2) is 0 Å². The number of nitrogens with one attached hydrogen (secondary N) is 3. The number of H-pyrrole nitrogens is 2. The molecule has 0 bridgehead atoms. The van der Waals surface area contributed by atoms with E-state index in [-0.39, 0.29) is 17.5 Å². The molecule has 1 amide bonds. The van der Waals surface area contributed by atoms with E-state index in [2.05, 4.69) is 20.5 Å². The summed E-state index contributed by atoms with van der Waals surface area (Å²) in [6.07, 6.45) is 4.35. The fraction of sp³-hybridized carbons (Fsp3) is 0.278. The molecular weight excluding hydrogens is 304 g/mol. The number of pyridine rings is 1. The third-order valence-electron chi connectivity index (χ3n) is 4.60. The quantitative estimate of drug-likeness (QED) is 0.672. The van der Waals surface area contributed by atoms with Crippen molar-refractivity contribution >= 4 is 16.8 Å². The van der Waals surface area contributed by atoms with Crippen LogP contribution in [0.2, 0.25) is 0 Å². The number of benzene rings is 1. The van der Waals surface area contributed by atoms with Gasteiger partial charge >= 0.3 is 0 Å². The van der Waals surface area contributed by atoms with Gasteiger partial charge in [-0.2, -0.15) is 5.10 Å². The Balaban J connectivity index is 1.64. The van der Waals surface area contributed by atoms with Gasteiger partial charge in [0, 0.05) is 35.1 Å². The summed E-state index contributed by atoms with van der Waals surface area (Å²) in [6, 6.07) is 7.10. The standard InChI is InChI=1S/C18H18N4O2/c1-10-2-5-15-13(6-10)14(8-17(23)21-15)18(24)20-12-4-3-11-9-19-22-16(11)7-12/h2,5-6,8-9,12H,3-4,7H2,1H3,(H,19,22)(H,20,24)(H,21,23). The van der Waals surface area contributed by atoms with Gasteiger partial charge < -0.3 is 10.3 Å². The van der Waals surface area contributed by atoms with E-state index in [9.17, 15) is 9.59 Å². The number of fused-ring (bicyclic) bond motifs is 2. The average molecular weight is 322 g/mol. The van der Waals surface area contributed by atoms with Gasteiger partial charge in [-0.1, -0.05) is 11.6 Å². The number of aromatic nitrogens is 3. The molecule has 0 saturated heterocycles. The molecule has 24 heavy (non-hydrogen) atoms. The molecule has 1 atom stereocenters. The lowest BCUT2D eigenvalue weighted by Gasteiger charge is -2.23. The third-order valence-corrected chi connectivity index (χ3v) is 4.60. The van der Waals surface area contributed by atoms with Crippen LogP contribution in [0.15, 0.2) is 35.3 Å². The number of hydrogen-bond acceptors (Lipinski definition) is 3. The first-order chi connectivity index (χ1) is 11.6. The number of aromatic amines is 2. The van der Waals surface area contributed by atoms with Crippen LogP contribution in [0.1, 0.15) is 33.6 Å². The summed E-state index contributed by atoms with van der Waals surface area (Å²) >= 11 is 0. The van der Waals surface area contributed by atoms with E-state index in [1.807, 2.05) is 31.3 Å². The number of carbonyl (C=O) groups excluding carboxylic acids is 1. The Morgan fingerprint density at radius 1 is 1.33 bits per heavy atom. The van der Waals surface area contributed by atoms with Crippen molar-refractivity contribution in [3.8, 4) is 0 Å². The lowest BCUT2D eigenvalue weighted by Crippen LogP contribution is -2.39. The van der Waals surface area contributed by atoms with Crippen molar-refractivity contribution in [2.24, 2.45) is 0 Å².